The molecule has 1 N–H and O–H groups in total. The summed E-state index contributed by atoms with van der Waals surface area (Å²) in [6, 6.07) is 7.09. The van der Waals surface area contributed by atoms with Gasteiger partial charge in [-0.25, -0.2) is 4.79 Å². The number of nitrogens with zero attached hydrogens (tertiary/aromatic N) is 2. The molecular formula is C19H29N3O3. The smallest absolute Gasteiger partial charge is 0.317 e. The second-order valence-electron chi connectivity index (χ2n) is 7.58. The third kappa shape index (κ3) is 5.66. The molecule has 1 aliphatic rings. The van der Waals surface area contributed by atoms with Crippen LogP contribution in [0.5, 0.6) is 5.75 Å². The lowest BCUT2D eigenvalue weighted by molar-refractivity contribution is 0.0762. The molecule has 2 rings (SSSR count). The zero-order chi connectivity index (χ0) is 18.4. The molecular weight excluding hydrogens is 318 g/mol. The fourth-order valence-corrected chi connectivity index (χ4v) is 2.69. The Bertz CT molecular complexity index is 593. The maximum absolute atomic E-state index is 12.7. The molecule has 6 nitrogen and oxygen atoms in total. The molecule has 25 heavy (non-hydrogen) atoms. The molecule has 0 unspecified atom stereocenters. The monoisotopic (exact) mass is 347 g/mol. The minimum atomic E-state index is -0.0475. The third-order valence-corrected chi connectivity index (χ3v) is 4.18. The second-order valence-corrected chi connectivity index (χ2v) is 7.58. The summed E-state index contributed by atoms with van der Waals surface area (Å²) in [5.41, 5.74) is 0.698. The van der Waals surface area contributed by atoms with E-state index in [-0.39, 0.29) is 17.4 Å². The van der Waals surface area contributed by atoms with Gasteiger partial charge >= 0.3 is 6.03 Å². The lowest BCUT2D eigenvalue weighted by Gasteiger charge is -2.25. The Hall–Kier alpha value is -2.24. The number of methoxy groups -OCH3 is 1. The van der Waals surface area contributed by atoms with Gasteiger partial charge in [-0.1, -0.05) is 20.8 Å². The number of benzene rings is 1. The molecule has 0 saturated carbocycles. The highest BCUT2D eigenvalue weighted by Gasteiger charge is 2.23. The van der Waals surface area contributed by atoms with Gasteiger partial charge in [-0.15, -0.1) is 0 Å². The van der Waals surface area contributed by atoms with Crippen LogP contribution in [-0.2, 0) is 0 Å². The molecule has 0 spiro atoms. The maximum atomic E-state index is 12.7. The first-order valence-corrected chi connectivity index (χ1v) is 8.76. The third-order valence-electron chi connectivity index (χ3n) is 4.18. The van der Waals surface area contributed by atoms with Crippen molar-refractivity contribution in [3.8, 4) is 5.75 Å². The van der Waals surface area contributed by atoms with E-state index in [1.54, 1.807) is 36.3 Å². The Morgan fingerprint density at radius 1 is 1.04 bits per heavy atom. The normalized spacial score (nSPS) is 15.5. The zero-order valence-electron chi connectivity index (χ0n) is 15.7. The Morgan fingerprint density at radius 2 is 1.64 bits per heavy atom. The summed E-state index contributed by atoms with van der Waals surface area (Å²) in [4.78, 5) is 28.6. The first-order chi connectivity index (χ1) is 11.8. The van der Waals surface area contributed by atoms with Crippen molar-refractivity contribution in [1.82, 2.24) is 15.1 Å². The summed E-state index contributed by atoms with van der Waals surface area (Å²) in [5, 5.41) is 2.98. The van der Waals surface area contributed by atoms with E-state index in [2.05, 4.69) is 26.1 Å². The molecule has 138 valence electrons. The van der Waals surface area contributed by atoms with Crippen LogP contribution in [0, 0.1) is 5.41 Å². The van der Waals surface area contributed by atoms with Gasteiger partial charge in [0.05, 0.1) is 7.11 Å². The highest BCUT2D eigenvalue weighted by atomic mass is 16.5. The summed E-state index contributed by atoms with van der Waals surface area (Å²) in [5.74, 6) is 0.730. The van der Waals surface area contributed by atoms with Crippen molar-refractivity contribution in [3.05, 3.63) is 29.8 Å². The lowest BCUT2D eigenvalue weighted by atomic mass is 9.97. The number of rotatable bonds is 3. The van der Waals surface area contributed by atoms with Crippen molar-refractivity contribution < 1.29 is 14.3 Å². The van der Waals surface area contributed by atoms with E-state index in [1.807, 2.05) is 4.90 Å². The molecule has 0 radical (unpaired) electrons. The predicted octanol–water partition coefficient (Wildman–Crippen LogP) is 2.60. The average molecular weight is 347 g/mol. The van der Waals surface area contributed by atoms with Crippen molar-refractivity contribution in [2.24, 2.45) is 5.41 Å². The van der Waals surface area contributed by atoms with Crippen LogP contribution in [0.1, 0.15) is 37.6 Å². The van der Waals surface area contributed by atoms with Crippen LogP contribution in [0.15, 0.2) is 24.3 Å². The van der Waals surface area contributed by atoms with E-state index in [0.717, 1.165) is 12.2 Å². The molecule has 0 bridgehead atoms. The molecule has 1 heterocycles. The van der Waals surface area contributed by atoms with E-state index in [1.165, 1.54) is 0 Å². The van der Waals surface area contributed by atoms with Crippen molar-refractivity contribution in [2.75, 3.05) is 39.8 Å². The van der Waals surface area contributed by atoms with Crippen LogP contribution in [0.2, 0.25) is 0 Å². The summed E-state index contributed by atoms with van der Waals surface area (Å²) < 4.78 is 5.13. The van der Waals surface area contributed by atoms with Crippen LogP contribution >= 0.6 is 0 Å². The van der Waals surface area contributed by atoms with E-state index in [9.17, 15) is 9.59 Å². The zero-order valence-corrected chi connectivity index (χ0v) is 15.7. The van der Waals surface area contributed by atoms with Gasteiger partial charge < -0.3 is 19.9 Å². The van der Waals surface area contributed by atoms with Crippen molar-refractivity contribution in [2.45, 2.75) is 27.2 Å². The van der Waals surface area contributed by atoms with Crippen molar-refractivity contribution in [1.29, 1.82) is 0 Å². The van der Waals surface area contributed by atoms with Crippen molar-refractivity contribution >= 4 is 11.9 Å². The second kappa shape index (κ2) is 8.23. The largest absolute Gasteiger partial charge is 0.497 e. The molecule has 1 aromatic rings. The summed E-state index contributed by atoms with van der Waals surface area (Å²) in [7, 11) is 1.60. The molecule has 0 atom stereocenters. The quantitative estimate of drug-likeness (QED) is 0.914. The molecule has 1 fully saturated rings. The molecule has 1 aromatic carbocycles. The van der Waals surface area contributed by atoms with Gasteiger partial charge in [0.25, 0.3) is 5.91 Å². The molecule has 0 aliphatic carbocycles. The van der Waals surface area contributed by atoms with Crippen LogP contribution in [0.4, 0.5) is 4.79 Å². The molecule has 0 aromatic heterocycles. The Morgan fingerprint density at radius 3 is 2.24 bits per heavy atom. The maximum Gasteiger partial charge on any atom is 0.317 e. The highest BCUT2D eigenvalue weighted by Crippen LogP contribution is 2.15. The summed E-state index contributed by atoms with van der Waals surface area (Å²) >= 11 is 0. The van der Waals surface area contributed by atoms with Crippen LogP contribution in [0.3, 0.4) is 0 Å². The molecule has 1 aliphatic heterocycles. The molecule has 6 heteroatoms. The minimum Gasteiger partial charge on any atom is -0.497 e. The van der Waals surface area contributed by atoms with Crippen LogP contribution in [0.25, 0.3) is 0 Å². The SMILES string of the molecule is COc1ccc(C(=O)N2CCCN(C(=O)NCC(C)(C)C)CC2)cc1. The number of hydrogen-bond acceptors (Lipinski definition) is 3. The first kappa shape index (κ1) is 19.1. The topological polar surface area (TPSA) is 61.9 Å². The minimum absolute atomic E-state index is 0.000368. The van der Waals surface area contributed by atoms with E-state index < -0.39 is 0 Å². The lowest BCUT2D eigenvalue weighted by Crippen LogP contribution is -2.44. The number of carbonyl (C=O) groups excluding carboxylic acids is 2. The Labute approximate surface area is 150 Å². The van der Waals surface area contributed by atoms with Gasteiger partial charge in [-0.3, -0.25) is 4.79 Å². The van der Waals surface area contributed by atoms with Gasteiger partial charge in [0.15, 0.2) is 0 Å². The first-order valence-electron chi connectivity index (χ1n) is 8.76. The van der Waals surface area contributed by atoms with Crippen LogP contribution < -0.4 is 10.1 Å². The number of hydrogen-bond donors (Lipinski definition) is 1. The van der Waals surface area contributed by atoms with E-state index >= 15 is 0 Å². The number of urea groups is 1. The number of nitrogens with one attached hydrogen (secondary N) is 1. The Balaban J connectivity index is 1.91. The fourth-order valence-electron chi connectivity index (χ4n) is 2.69. The highest BCUT2D eigenvalue weighted by molar-refractivity contribution is 5.94. The molecule has 1 saturated heterocycles. The molecule has 3 amide bonds. The van der Waals surface area contributed by atoms with Gasteiger partial charge in [-0.05, 0) is 36.1 Å². The fraction of sp³-hybridized carbons (Fsp3) is 0.579. The van der Waals surface area contributed by atoms with Gasteiger partial charge in [-0.2, -0.15) is 0 Å². The Kier molecular flexibility index (Phi) is 6.28. The predicted molar refractivity (Wildman–Crippen MR) is 97.9 cm³/mol. The number of carbonyl (C=O) groups is 2. The number of amides is 3. The van der Waals surface area contributed by atoms with Gasteiger partial charge in [0.1, 0.15) is 5.75 Å². The van der Waals surface area contributed by atoms with Gasteiger partial charge in [0, 0.05) is 38.3 Å². The summed E-state index contributed by atoms with van der Waals surface area (Å²) in [6.07, 6.45) is 0.783. The average Bonchev–Trinajstić information content (AvgIpc) is 2.84. The number of ether oxygens (including phenoxy) is 1. The van der Waals surface area contributed by atoms with Crippen molar-refractivity contribution in [3.63, 3.8) is 0 Å². The van der Waals surface area contributed by atoms with Crippen LogP contribution in [-0.4, -0.2) is 61.6 Å². The van der Waals surface area contributed by atoms with Gasteiger partial charge in [0.2, 0.25) is 0 Å². The standard InChI is InChI=1S/C19H29N3O3/c1-19(2,3)14-20-18(24)22-11-5-10-21(12-13-22)17(23)15-6-8-16(25-4)9-7-15/h6-9H,5,10-14H2,1-4H3,(H,20,24). The summed E-state index contributed by atoms with van der Waals surface area (Å²) in [6.45, 7) is 9.33. The van der Waals surface area contributed by atoms with E-state index in [0.29, 0.717) is 38.3 Å². The van der Waals surface area contributed by atoms with E-state index in [4.69, 9.17) is 4.74 Å².